The number of ether oxygens (including phenoxy) is 1. The summed E-state index contributed by atoms with van der Waals surface area (Å²) in [6.07, 6.45) is 5.90. The molecular formula is C25H30N4O2S. The fourth-order valence-electron chi connectivity index (χ4n) is 4.19. The molecule has 1 saturated carbocycles. The van der Waals surface area contributed by atoms with Gasteiger partial charge in [0.1, 0.15) is 5.75 Å². The van der Waals surface area contributed by atoms with Gasteiger partial charge in [-0.15, -0.1) is 10.2 Å². The highest BCUT2D eigenvalue weighted by molar-refractivity contribution is 7.99. The van der Waals surface area contributed by atoms with Crippen molar-refractivity contribution in [3.8, 4) is 22.8 Å². The minimum atomic E-state index is 0.138. The highest BCUT2D eigenvalue weighted by atomic mass is 32.2. The summed E-state index contributed by atoms with van der Waals surface area (Å²) >= 11 is 1.43. The van der Waals surface area contributed by atoms with Crippen LogP contribution in [0.3, 0.4) is 0 Å². The molecule has 0 bridgehead atoms. The summed E-state index contributed by atoms with van der Waals surface area (Å²) in [6, 6.07) is 16.4. The average Bonchev–Trinajstić information content (AvgIpc) is 3.26. The summed E-state index contributed by atoms with van der Waals surface area (Å²) in [5, 5.41) is 9.65. The van der Waals surface area contributed by atoms with E-state index in [-0.39, 0.29) is 5.91 Å². The normalized spacial score (nSPS) is 14.3. The molecule has 0 spiro atoms. The summed E-state index contributed by atoms with van der Waals surface area (Å²) in [5.74, 6) is 1.90. The van der Waals surface area contributed by atoms with E-state index in [4.69, 9.17) is 4.74 Å². The molecule has 1 fully saturated rings. The Balaban J connectivity index is 1.62. The number of aryl methyl sites for hydroxylation is 1. The van der Waals surface area contributed by atoms with Gasteiger partial charge in [-0.1, -0.05) is 60.9 Å². The third kappa shape index (κ3) is 4.83. The number of para-hydroxylation sites is 1. The number of thioether (sulfide) groups is 1. The predicted octanol–water partition coefficient (Wildman–Crippen LogP) is 5.13. The first-order valence-corrected chi connectivity index (χ1v) is 12.1. The summed E-state index contributed by atoms with van der Waals surface area (Å²) in [7, 11) is 3.59. The van der Waals surface area contributed by atoms with E-state index in [9.17, 15) is 4.79 Å². The lowest BCUT2D eigenvalue weighted by Gasteiger charge is -2.31. The van der Waals surface area contributed by atoms with Crippen molar-refractivity contribution >= 4 is 17.7 Å². The van der Waals surface area contributed by atoms with E-state index in [1.165, 1.54) is 36.6 Å². The molecule has 1 aliphatic carbocycles. The number of nitrogens with zero attached hydrogens (tertiary/aromatic N) is 4. The van der Waals surface area contributed by atoms with Crippen LogP contribution in [0.1, 0.15) is 37.7 Å². The van der Waals surface area contributed by atoms with Gasteiger partial charge in [-0.2, -0.15) is 0 Å². The summed E-state index contributed by atoms with van der Waals surface area (Å²) in [5.41, 5.74) is 3.00. The van der Waals surface area contributed by atoms with Gasteiger partial charge in [-0.05, 0) is 44.0 Å². The smallest absolute Gasteiger partial charge is 0.233 e. The van der Waals surface area contributed by atoms with Gasteiger partial charge in [-0.3, -0.25) is 9.36 Å². The summed E-state index contributed by atoms with van der Waals surface area (Å²) in [4.78, 5) is 14.8. The Kier molecular flexibility index (Phi) is 7.15. The molecule has 0 atom stereocenters. The maximum atomic E-state index is 12.9. The van der Waals surface area contributed by atoms with Crippen molar-refractivity contribution in [2.75, 3.05) is 19.9 Å². The molecule has 0 radical (unpaired) electrons. The second-order valence-electron chi connectivity index (χ2n) is 8.26. The van der Waals surface area contributed by atoms with Crippen LogP contribution in [-0.2, 0) is 4.79 Å². The SMILES string of the molecule is COc1ccccc1-c1nnc(SCC(=O)N(C)C2CCCCC2)n1-c1ccc(C)cc1. The van der Waals surface area contributed by atoms with E-state index in [2.05, 4.69) is 41.4 Å². The largest absolute Gasteiger partial charge is 0.496 e. The Labute approximate surface area is 194 Å². The lowest BCUT2D eigenvalue weighted by Crippen LogP contribution is -2.39. The number of hydrogen-bond donors (Lipinski definition) is 0. The molecule has 3 aromatic rings. The number of methoxy groups -OCH3 is 1. The van der Waals surface area contributed by atoms with Crippen LogP contribution >= 0.6 is 11.8 Å². The van der Waals surface area contributed by atoms with E-state index >= 15 is 0 Å². The number of hydrogen-bond acceptors (Lipinski definition) is 5. The van der Waals surface area contributed by atoms with Gasteiger partial charge < -0.3 is 9.64 Å². The number of carbonyl (C=O) groups is 1. The van der Waals surface area contributed by atoms with E-state index in [0.29, 0.717) is 22.8 Å². The maximum absolute atomic E-state index is 12.9. The van der Waals surface area contributed by atoms with Crippen LogP contribution in [-0.4, -0.2) is 51.5 Å². The first-order chi connectivity index (χ1) is 15.6. The molecule has 168 valence electrons. The Morgan fingerprint density at radius 3 is 2.53 bits per heavy atom. The van der Waals surface area contributed by atoms with Crippen LogP contribution < -0.4 is 4.74 Å². The zero-order valence-corrected chi connectivity index (χ0v) is 19.8. The van der Waals surface area contributed by atoms with Crippen LogP contribution in [0.4, 0.5) is 0 Å². The highest BCUT2D eigenvalue weighted by Crippen LogP contribution is 2.33. The zero-order valence-electron chi connectivity index (χ0n) is 19.0. The monoisotopic (exact) mass is 450 g/mol. The van der Waals surface area contributed by atoms with Gasteiger partial charge in [0.15, 0.2) is 11.0 Å². The average molecular weight is 451 g/mol. The summed E-state index contributed by atoms with van der Waals surface area (Å²) in [6.45, 7) is 2.06. The third-order valence-corrected chi connectivity index (χ3v) is 7.03. The van der Waals surface area contributed by atoms with Crippen molar-refractivity contribution in [1.82, 2.24) is 19.7 Å². The number of aromatic nitrogens is 3. The van der Waals surface area contributed by atoms with Crippen molar-refractivity contribution < 1.29 is 9.53 Å². The summed E-state index contributed by atoms with van der Waals surface area (Å²) < 4.78 is 7.58. The molecule has 7 heteroatoms. The molecule has 1 aromatic heterocycles. The first-order valence-electron chi connectivity index (χ1n) is 11.1. The molecule has 1 amide bonds. The van der Waals surface area contributed by atoms with E-state index < -0.39 is 0 Å². The molecular weight excluding hydrogens is 420 g/mol. The van der Waals surface area contributed by atoms with Gasteiger partial charge in [0.05, 0.1) is 18.4 Å². The fourth-order valence-corrected chi connectivity index (χ4v) is 5.07. The van der Waals surface area contributed by atoms with Crippen LogP contribution in [0.25, 0.3) is 17.1 Å². The van der Waals surface area contributed by atoms with Crippen molar-refractivity contribution in [2.45, 2.75) is 50.2 Å². The van der Waals surface area contributed by atoms with Crippen molar-refractivity contribution in [3.05, 3.63) is 54.1 Å². The molecule has 0 aliphatic heterocycles. The van der Waals surface area contributed by atoms with Crippen LogP contribution in [0.5, 0.6) is 5.75 Å². The lowest BCUT2D eigenvalue weighted by atomic mass is 9.94. The third-order valence-electron chi connectivity index (χ3n) is 6.11. The zero-order chi connectivity index (χ0) is 22.5. The molecule has 6 nitrogen and oxygen atoms in total. The Bertz CT molecular complexity index is 1060. The lowest BCUT2D eigenvalue weighted by molar-refractivity contribution is -0.129. The van der Waals surface area contributed by atoms with Gasteiger partial charge in [0, 0.05) is 18.8 Å². The maximum Gasteiger partial charge on any atom is 0.233 e. The number of rotatable bonds is 7. The van der Waals surface area contributed by atoms with Crippen molar-refractivity contribution in [3.63, 3.8) is 0 Å². The Hall–Kier alpha value is -2.80. The number of carbonyl (C=O) groups excluding carboxylic acids is 1. The van der Waals surface area contributed by atoms with Gasteiger partial charge >= 0.3 is 0 Å². The van der Waals surface area contributed by atoms with Crippen molar-refractivity contribution in [2.24, 2.45) is 0 Å². The van der Waals surface area contributed by atoms with E-state index in [1.54, 1.807) is 7.11 Å². The van der Waals surface area contributed by atoms with Gasteiger partial charge in [0.2, 0.25) is 5.91 Å². The molecule has 0 saturated heterocycles. The number of amides is 1. The standard InChI is InChI=1S/C25H30N4O2S/c1-18-13-15-20(16-14-18)29-24(21-11-7-8-12-22(21)31-3)26-27-25(29)32-17-23(30)28(2)19-9-5-4-6-10-19/h7-8,11-16,19H,4-6,9-10,17H2,1-3H3. The van der Waals surface area contributed by atoms with Crippen molar-refractivity contribution in [1.29, 1.82) is 0 Å². The van der Waals surface area contributed by atoms with Gasteiger partial charge in [-0.25, -0.2) is 0 Å². The second-order valence-corrected chi connectivity index (χ2v) is 9.21. The predicted molar refractivity (Wildman–Crippen MR) is 128 cm³/mol. The molecule has 32 heavy (non-hydrogen) atoms. The topological polar surface area (TPSA) is 60.3 Å². The van der Waals surface area contributed by atoms with E-state index in [0.717, 1.165) is 29.8 Å². The van der Waals surface area contributed by atoms with Gasteiger partial charge in [0.25, 0.3) is 0 Å². The molecule has 0 N–H and O–H groups in total. The minimum absolute atomic E-state index is 0.138. The van der Waals surface area contributed by atoms with Crippen LogP contribution in [0.2, 0.25) is 0 Å². The molecule has 0 unspecified atom stereocenters. The Morgan fingerprint density at radius 1 is 1.09 bits per heavy atom. The molecule has 1 aliphatic rings. The molecule has 1 heterocycles. The quantitative estimate of drug-likeness (QED) is 0.467. The van der Waals surface area contributed by atoms with Crippen LogP contribution in [0.15, 0.2) is 53.7 Å². The molecule has 4 rings (SSSR count). The number of benzene rings is 2. The Morgan fingerprint density at radius 2 is 1.81 bits per heavy atom. The highest BCUT2D eigenvalue weighted by Gasteiger charge is 2.24. The fraction of sp³-hybridized carbons (Fsp3) is 0.400. The first kappa shape index (κ1) is 22.4. The molecule has 2 aromatic carbocycles. The van der Waals surface area contributed by atoms with Crippen LogP contribution in [0, 0.1) is 6.92 Å². The second kappa shape index (κ2) is 10.2. The minimum Gasteiger partial charge on any atom is -0.496 e. The van der Waals surface area contributed by atoms with E-state index in [1.807, 2.05) is 40.8 Å².